The Bertz CT molecular complexity index is 943. The van der Waals surface area contributed by atoms with Gasteiger partial charge in [0.15, 0.2) is 0 Å². The van der Waals surface area contributed by atoms with Crippen LogP contribution in [0.2, 0.25) is 5.02 Å². The van der Waals surface area contributed by atoms with Gasteiger partial charge in [-0.05, 0) is 68.7 Å². The second-order valence-electron chi connectivity index (χ2n) is 8.18. The number of hydrogen-bond donors (Lipinski definition) is 1. The van der Waals surface area contributed by atoms with Crippen LogP contribution < -0.4 is 5.32 Å². The van der Waals surface area contributed by atoms with Crippen LogP contribution in [-0.4, -0.2) is 17.8 Å². The zero-order valence-corrected chi connectivity index (χ0v) is 19.8. The summed E-state index contributed by atoms with van der Waals surface area (Å²) < 4.78 is 20.5. The molecular weight excluding hydrogens is 433 g/mol. The van der Waals surface area contributed by atoms with Gasteiger partial charge in [-0.2, -0.15) is 0 Å². The Morgan fingerprint density at radius 3 is 2.61 bits per heavy atom. The molecule has 1 aliphatic rings. The first-order valence-corrected chi connectivity index (χ1v) is 12.0. The molecule has 1 amide bonds. The van der Waals surface area contributed by atoms with Crippen LogP contribution in [0.4, 0.5) is 4.39 Å². The number of thioether (sulfide) groups is 1. The predicted octanol–water partition coefficient (Wildman–Crippen LogP) is 6.64. The average molecular weight is 462 g/mol. The number of hydrogen-bond acceptors (Lipinski definition) is 3. The van der Waals surface area contributed by atoms with Crippen molar-refractivity contribution in [1.29, 1.82) is 0 Å². The Hall–Kier alpha value is -1.82. The van der Waals surface area contributed by atoms with Crippen LogP contribution in [0.25, 0.3) is 0 Å². The zero-order valence-electron chi connectivity index (χ0n) is 18.2. The van der Waals surface area contributed by atoms with Gasteiger partial charge in [-0.1, -0.05) is 42.8 Å². The minimum atomic E-state index is -0.768. The quantitative estimate of drug-likeness (QED) is 0.448. The SMILES string of the molecule is CCSc1ccc(CC(=O)NC2=CCC(OC(C)(C)c3ccc(Cl)cc3F)CC2)cc1. The number of carbonyl (C=O) groups excluding carboxylic acids is 1. The molecular formula is C25H29ClFNO2S. The van der Waals surface area contributed by atoms with Crippen LogP contribution in [0.1, 0.15) is 51.2 Å². The Labute approximate surface area is 193 Å². The fourth-order valence-corrected chi connectivity index (χ4v) is 4.59. The maximum Gasteiger partial charge on any atom is 0.228 e. The van der Waals surface area contributed by atoms with Crippen LogP contribution in [0.3, 0.4) is 0 Å². The summed E-state index contributed by atoms with van der Waals surface area (Å²) in [6, 6.07) is 12.8. The maximum atomic E-state index is 14.3. The molecule has 6 heteroatoms. The summed E-state index contributed by atoms with van der Waals surface area (Å²) in [5.41, 5.74) is 1.65. The van der Waals surface area contributed by atoms with Gasteiger partial charge in [0, 0.05) is 21.2 Å². The van der Waals surface area contributed by atoms with E-state index >= 15 is 0 Å². The minimum Gasteiger partial charge on any atom is -0.367 e. The summed E-state index contributed by atoms with van der Waals surface area (Å²) in [4.78, 5) is 13.6. The third-order valence-electron chi connectivity index (χ3n) is 5.30. The maximum absolute atomic E-state index is 14.3. The molecule has 0 spiro atoms. The lowest BCUT2D eigenvalue weighted by Crippen LogP contribution is -2.32. The Morgan fingerprint density at radius 2 is 2.00 bits per heavy atom. The summed E-state index contributed by atoms with van der Waals surface area (Å²) in [6.45, 7) is 5.85. The van der Waals surface area contributed by atoms with Crippen molar-refractivity contribution in [2.24, 2.45) is 0 Å². The zero-order chi connectivity index (χ0) is 22.4. The molecule has 0 saturated carbocycles. The lowest BCUT2D eigenvalue weighted by atomic mass is 9.95. The number of amides is 1. The van der Waals surface area contributed by atoms with Crippen molar-refractivity contribution in [1.82, 2.24) is 5.32 Å². The fraction of sp³-hybridized carbons (Fsp3) is 0.400. The molecule has 0 aromatic heterocycles. The van der Waals surface area contributed by atoms with Crippen LogP contribution in [0.15, 0.2) is 59.1 Å². The smallest absolute Gasteiger partial charge is 0.228 e. The first-order valence-electron chi connectivity index (χ1n) is 10.6. The predicted molar refractivity (Wildman–Crippen MR) is 126 cm³/mol. The highest BCUT2D eigenvalue weighted by Crippen LogP contribution is 2.33. The first kappa shape index (κ1) is 23.8. The number of ether oxygens (including phenoxy) is 1. The van der Waals surface area contributed by atoms with Crippen molar-refractivity contribution in [2.45, 2.75) is 63.1 Å². The molecule has 1 aliphatic carbocycles. The Morgan fingerprint density at radius 1 is 1.26 bits per heavy atom. The van der Waals surface area contributed by atoms with Gasteiger partial charge < -0.3 is 10.1 Å². The number of nitrogens with one attached hydrogen (secondary N) is 1. The van der Waals surface area contributed by atoms with E-state index in [1.165, 1.54) is 11.0 Å². The van der Waals surface area contributed by atoms with E-state index in [1.54, 1.807) is 23.9 Å². The summed E-state index contributed by atoms with van der Waals surface area (Å²) in [5.74, 6) is 0.660. The number of rotatable bonds is 8. The van der Waals surface area contributed by atoms with E-state index in [1.807, 2.05) is 32.1 Å². The number of carbonyl (C=O) groups is 1. The van der Waals surface area contributed by atoms with Gasteiger partial charge in [0.2, 0.25) is 5.91 Å². The number of benzene rings is 2. The molecule has 0 fully saturated rings. The highest BCUT2D eigenvalue weighted by Gasteiger charge is 2.29. The van der Waals surface area contributed by atoms with E-state index in [-0.39, 0.29) is 17.8 Å². The topological polar surface area (TPSA) is 38.3 Å². The molecule has 2 aromatic carbocycles. The third-order valence-corrected chi connectivity index (χ3v) is 6.43. The van der Waals surface area contributed by atoms with Crippen molar-refractivity contribution in [3.8, 4) is 0 Å². The second-order valence-corrected chi connectivity index (χ2v) is 9.95. The number of halogens is 2. The van der Waals surface area contributed by atoms with Crippen LogP contribution in [-0.2, 0) is 21.6 Å². The van der Waals surface area contributed by atoms with E-state index in [2.05, 4.69) is 24.4 Å². The van der Waals surface area contributed by atoms with Gasteiger partial charge in [0.1, 0.15) is 5.82 Å². The Kier molecular flexibility index (Phi) is 8.20. The lowest BCUT2D eigenvalue weighted by molar-refractivity contribution is -0.120. The molecule has 0 radical (unpaired) electrons. The summed E-state index contributed by atoms with van der Waals surface area (Å²) in [6.07, 6.45) is 4.51. The van der Waals surface area contributed by atoms with Crippen molar-refractivity contribution < 1.29 is 13.9 Å². The van der Waals surface area contributed by atoms with Gasteiger partial charge in [-0.15, -0.1) is 11.8 Å². The van der Waals surface area contributed by atoms with E-state index in [9.17, 15) is 9.18 Å². The minimum absolute atomic E-state index is 0.00919. The molecule has 1 N–H and O–H groups in total. The monoisotopic (exact) mass is 461 g/mol. The van der Waals surface area contributed by atoms with Crippen LogP contribution in [0, 0.1) is 5.82 Å². The third kappa shape index (κ3) is 6.83. The van der Waals surface area contributed by atoms with Gasteiger partial charge in [-0.3, -0.25) is 4.79 Å². The molecule has 3 nitrogen and oxygen atoms in total. The molecule has 0 bridgehead atoms. The summed E-state index contributed by atoms with van der Waals surface area (Å²) in [7, 11) is 0. The van der Waals surface area contributed by atoms with Crippen molar-refractivity contribution in [2.75, 3.05) is 5.75 Å². The molecule has 1 atom stereocenters. The van der Waals surface area contributed by atoms with Crippen LogP contribution in [0.5, 0.6) is 0 Å². The highest BCUT2D eigenvalue weighted by molar-refractivity contribution is 7.99. The summed E-state index contributed by atoms with van der Waals surface area (Å²) in [5, 5.41) is 3.39. The lowest BCUT2D eigenvalue weighted by Gasteiger charge is -2.33. The van der Waals surface area contributed by atoms with Gasteiger partial charge >= 0.3 is 0 Å². The van der Waals surface area contributed by atoms with E-state index in [0.717, 1.165) is 29.9 Å². The van der Waals surface area contributed by atoms with Crippen molar-refractivity contribution >= 4 is 29.3 Å². The molecule has 166 valence electrons. The molecule has 31 heavy (non-hydrogen) atoms. The molecule has 2 aromatic rings. The standard InChI is InChI=1S/C25H29ClFNO2S/c1-4-31-21-12-5-17(6-13-21)15-24(29)28-19-8-10-20(11-9-19)30-25(2,3)22-14-7-18(26)16-23(22)27/h5-8,12-14,16,20H,4,9-11,15H2,1-3H3,(H,28,29). The largest absolute Gasteiger partial charge is 0.367 e. The molecule has 3 rings (SSSR count). The van der Waals surface area contributed by atoms with Gasteiger partial charge in [0.25, 0.3) is 0 Å². The number of allylic oxidation sites excluding steroid dienone is 1. The molecule has 0 heterocycles. The normalized spacial score (nSPS) is 16.7. The van der Waals surface area contributed by atoms with E-state index in [0.29, 0.717) is 23.4 Å². The molecule has 1 unspecified atom stereocenters. The summed E-state index contributed by atoms with van der Waals surface area (Å²) >= 11 is 7.65. The highest BCUT2D eigenvalue weighted by atomic mass is 35.5. The van der Waals surface area contributed by atoms with Gasteiger partial charge in [0.05, 0.1) is 18.1 Å². The Balaban J connectivity index is 1.51. The van der Waals surface area contributed by atoms with Crippen molar-refractivity contribution in [3.05, 3.63) is 76.2 Å². The molecule has 0 saturated heterocycles. The average Bonchev–Trinajstić information content (AvgIpc) is 2.70. The molecule has 0 aliphatic heterocycles. The van der Waals surface area contributed by atoms with E-state index in [4.69, 9.17) is 16.3 Å². The van der Waals surface area contributed by atoms with Crippen molar-refractivity contribution in [3.63, 3.8) is 0 Å². The second kappa shape index (κ2) is 10.7. The fourth-order valence-electron chi connectivity index (χ4n) is 3.77. The van der Waals surface area contributed by atoms with Crippen LogP contribution >= 0.6 is 23.4 Å². The van der Waals surface area contributed by atoms with Gasteiger partial charge in [-0.25, -0.2) is 4.39 Å². The van der Waals surface area contributed by atoms with E-state index < -0.39 is 5.60 Å². The first-order chi connectivity index (χ1) is 14.8.